The van der Waals surface area contributed by atoms with E-state index >= 15 is 0 Å². The Balaban J connectivity index is 2.06. The normalized spacial score (nSPS) is 41.0. The van der Waals surface area contributed by atoms with Crippen LogP contribution in [-0.4, -0.2) is 23.9 Å². The highest BCUT2D eigenvalue weighted by molar-refractivity contribution is 5.17. The van der Waals surface area contributed by atoms with Crippen molar-refractivity contribution in [1.82, 2.24) is 0 Å². The zero-order chi connectivity index (χ0) is 7.68. The van der Waals surface area contributed by atoms with Gasteiger partial charge in [0.15, 0.2) is 0 Å². The molecule has 1 N–H and O–H groups in total. The first-order chi connectivity index (χ1) is 5.40. The Morgan fingerprint density at radius 2 is 2.18 bits per heavy atom. The van der Waals surface area contributed by atoms with E-state index in [0.717, 1.165) is 6.42 Å². The van der Waals surface area contributed by atoms with Crippen LogP contribution in [0.3, 0.4) is 0 Å². The molecule has 2 aliphatic rings. The zero-order valence-electron chi connectivity index (χ0n) is 6.31. The minimum atomic E-state index is 0.0531. The highest BCUT2D eigenvalue weighted by atomic mass is 16.5. The molecule has 3 atom stereocenters. The Morgan fingerprint density at radius 3 is 2.91 bits per heavy atom. The third-order valence-electron chi connectivity index (χ3n) is 2.28. The summed E-state index contributed by atoms with van der Waals surface area (Å²) < 4.78 is 5.53. The van der Waals surface area contributed by atoms with Crippen LogP contribution in [0.5, 0.6) is 0 Å². The Bertz CT molecular complexity index is 176. The second-order valence-corrected chi connectivity index (χ2v) is 3.07. The van der Waals surface area contributed by atoms with E-state index in [0.29, 0.717) is 5.92 Å². The van der Waals surface area contributed by atoms with Gasteiger partial charge < -0.3 is 9.84 Å². The van der Waals surface area contributed by atoms with Crippen molar-refractivity contribution in [2.45, 2.75) is 18.6 Å². The second-order valence-electron chi connectivity index (χ2n) is 3.07. The smallest absolute Gasteiger partial charge is 0.0827 e. The fraction of sp³-hybridized carbons (Fsp3) is 0.556. The average Bonchev–Trinajstić information content (AvgIpc) is 2.46. The molecule has 0 radical (unpaired) electrons. The number of allylic oxidation sites excluding steroid dienone is 2. The van der Waals surface area contributed by atoms with Gasteiger partial charge in [-0.1, -0.05) is 24.3 Å². The lowest BCUT2D eigenvalue weighted by atomic mass is 9.96. The lowest BCUT2D eigenvalue weighted by Crippen LogP contribution is -2.14. The standard InChI is InChI=1S/C9H12O2/c10-6-8-5-7-3-1-2-4-9(7)11-8/h1-4,7-10H,5-6H2. The van der Waals surface area contributed by atoms with E-state index in [4.69, 9.17) is 9.84 Å². The van der Waals surface area contributed by atoms with Gasteiger partial charge in [0.2, 0.25) is 0 Å². The summed E-state index contributed by atoms with van der Waals surface area (Å²) in [6, 6.07) is 0. The number of hydrogen-bond acceptors (Lipinski definition) is 2. The fourth-order valence-corrected chi connectivity index (χ4v) is 1.69. The first-order valence-corrected chi connectivity index (χ1v) is 4.01. The SMILES string of the molecule is OCC1CC2C=CC=CC2O1. The maximum atomic E-state index is 8.84. The van der Waals surface area contributed by atoms with Gasteiger partial charge in [-0.3, -0.25) is 0 Å². The highest BCUT2D eigenvalue weighted by Gasteiger charge is 2.31. The molecular weight excluding hydrogens is 140 g/mol. The van der Waals surface area contributed by atoms with E-state index in [2.05, 4.69) is 12.2 Å². The van der Waals surface area contributed by atoms with Crippen molar-refractivity contribution < 1.29 is 9.84 Å². The summed E-state index contributed by atoms with van der Waals surface area (Å²) in [5.41, 5.74) is 0. The first-order valence-electron chi connectivity index (χ1n) is 4.01. The van der Waals surface area contributed by atoms with Crippen LogP contribution in [0.2, 0.25) is 0 Å². The van der Waals surface area contributed by atoms with E-state index in [1.54, 1.807) is 0 Å². The molecule has 1 heterocycles. The third kappa shape index (κ3) is 1.24. The minimum Gasteiger partial charge on any atom is -0.394 e. The van der Waals surface area contributed by atoms with Crippen molar-refractivity contribution in [3.63, 3.8) is 0 Å². The van der Waals surface area contributed by atoms with Crippen molar-refractivity contribution in [3.8, 4) is 0 Å². The summed E-state index contributed by atoms with van der Waals surface area (Å²) in [5.74, 6) is 0.497. The molecule has 0 saturated carbocycles. The van der Waals surface area contributed by atoms with Gasteiger partial charge in [-0.15, -0.1) is 0 Å². The lowest BCUT2D eigenvalue weighted by molar-refractivity contribution is 0.0281. The predicted molar refractivity (Wildman–Crippen MR) is 42.1 cm³/mol. The Morgan fingerprint density at radius 1 is 1.36 bits per heavy atom. The van der Waals surface area contributed by atoms with Crippen LogP contribution < -0.4 is 0 Å². The Labute approximate surface area is 66.2 Å². The molecule has 1 aliphatic heterocycles. The molecule has 60 valence electrons. The largest absolute Gasteiger partial charge is 0.394 e. The summed E-state index contributed by atoms with van der Waals surface area (Å²) in [6.45, 7) is 0.148. The van der Waals surface area contributed by atoms with Crippen LogP contribution >= 0.6 is 0 Å². The maximum absolute atomic E-state index is 8.84. The molecule has 1 saturated heterocycles. The monoisotopic (exact) mass is 152 g/mol. The van der Waals surface area contributed by atoms with Crippen molar-refractivity contribution in [2.75, 3.05) is 6.61 Å². The molecule has 3 unspecified atom stereocenters. The van der Waals surface area contributed by atoms with Crippen molar-refractivity contribution in [2.24, 2.45) is 5.92 Å². The summed E-state index contributed by atoms with van der Waals surface area (Å²) in [7, 11) is 0. The maximum Gasteiger partial charge on any atom is 0.0827 e. The molecule has 0 aromatic carbocycles. The Kier molecular flexibility index (Phi) is 1.80. The molecule has 0 aromatic rings. The van der Waals surface area contributed by atoms with Gasteiger partial charge in [0.05, 0.1) is 18.8 Å². The molecular formula is C9H12O2. The van der Waals surface area contributed by atoms with Gasteiger partial charge in [0, 0.05) is 5.92 Å². The zero-order valence-corrected chi connectivity index (χ0v) is 6.31. The minimum absolute atomic E-state index is 0.0531. The van der Waals surface area contributed by atoms with E-state index in [-0.39, 0.29) is 18.8 Å². The third-order valence-corrected chi connectivity index (χ3v) is 2.28. The number of aliphatic hydroxyl groups excluding tert-OH is 1. The quantitative estimate of drug-likeness (QED) is 0.604. The number of aliphatic hydroxyl groups is 1. The van der Waals surface area contributed by atoms with Gasteiger partial charge in [0.25, 0.3) is 0 Å². The molecule has 11 heavy (non-hydrogen) atoms. The van der Waals surface area contributed by atoms with Crippen LogP contribution in [0.1, 0.15) is 6.42 Å². The number of hydrogen-bond donors (Lipinski definition) is 1. The van der Waals surface area contributed by atoms with Gasteiger partial charge in [0.1, 0.15) is 0 Å². The molecule has 2 nitrogen and oxygen atoms in total. The van der Waals surface area contributed by atoms with Crippen LogP contribution in [0.15, 0.2) is 24.3 Å². The van der Waals surface area contributed by atoms with Gasteiger partial charge in [-0.05, 0) is 6.42 Å². The molecule has 0 amide bonds. The summed E-state index contributed by atoms with van der Waals surface area (Å²) >= 11 is 0. The number of fused-ring (bicyclic) bond motifs is 1. The number of ether oxygens (including phenoxy) is 1. The fourth-order valence-electron chi connectivity index (χ4n) is 1.69. The van der Waals surface area contributed by atoms with E-state index in [1.807, 2.05) is 12.2 Å². The summed E-state index contributed by atoms with van der Waals surface area (Å²) in [5, 5.41) is 8.84. The summed E-state index contributed by atoms with van der Waals surface area (Å²) in [6.07, 6.45) is 9.49. The molecule has 1 aliphatic carbocycles. The predicted octanol–water partition coefficient (Wildman–Crippen LogP) is 0.878. The molecule has 0 spiro atoms. The van der Waals surface area contributed by atoms with Crippen LogP contribution in [-0.2, 0) is 4.74 Å². The van der Waals surface area contributed by atoms with Crippen LogP contribution in [0.25, 0.3) is 0 Å². The number of rotatable bonds is 1. The van der Waals surface area contributed by atoms with Crippen molar-refractivity contribution >= 4 is 0 Å². The Hall–Kier alpha value is -0.600. The van der Waals surface area contributed by atoms with Crippen LogP contribution in [0.4, 0.5) is 0 Å². The van der Waals surface area contributed by atoms with Gasteiger partial charge in [-0.25, -0.2) is 0 Å². The topological polar surface area (TPSA) is 29.5 Å². The molecule has 0 aromatic heterocycles. The van der Waals surface area contributed by atoms with E-state index < -0.39 is 0 Å². The second kappa shape index (κ2) is 2.80. The molecule has 2 rings (SSSR count). The molecule has 1 fully saturated rings. The van der Waals surface area contributed by atoms with E-state index in [9.17, 15) is 0 Å². The first kappa shape index (κ1) is 7.07. The van der Waals surface area contributed by atoms with E-state index in [1.165, 1.54) is 0 Å². The van der Waals surface area contributed by atoms with Gasteiger partial charge >= 0.3 is 0 Å². The van der Waals surface area contributed by atoms with Crippen molar-refractivity contribution in [1.29, 1.82) is 0 Å². The summed E-state index contributed by atoms with van der Waals surface area (Å²) in [4.78, 5) is 0. The molecule has 0 bridgehead atoms. The molecule has 2 heteroatoms. The lowest BCUT2D eigenvalue weighted by Gasteiger charge is -2.12. The highest BCUT2D eigenvalue weighted by Crippen LogP contribution is 2.30. The van der Waals surface area contributed by atoms with Crippen molar-refractivity contribution in [3.05, 3.63) is 24.3 Å². The average molecular weight is 152 g/mol. The van der Waals surface area contributed by atoms with Crippen LogP contribution in [0, 0.1) is 5.92 Å². The van der Waals surface area contributed by atoms with Gasteiger partial charge in [-0.2, -0.15) is 0 Å².